The maximum absolute atomic E-state index is 13.0. The zero-order chi connectivity index (χ0) is 20.9. The number of nitrogens with one attached hydrogen (secondary N) is 1. The van der Waals surface area contributed by atoms with E-state index >= 15 is 0 Å². The van der Waals surface area contributed by atoms with Crippen molar-refractivity contribution >= 4 is 17.5 Å². The summed E-state index contributed by atoms with van der Waals surface area (Å²) in [5.74, 6) is 0.551. The highest BCUT2D eigenvalue weighted by atomic mass is 35.5. The molecule has 4 aromatic rings. The number of hydrogen-bond donors (Lipinski definition) is 1. The first-order valence-electron chi connectivity index (χ1n) is 9.76. The summed E-state index contributed by atoms with van der Waals surface area (Å²) in [7, 11) is 0. The van der Waals surface area contributed by atoms with Crippen LogP contribution in [-0.2, 0) is 6.54 Å². The Morgan fingerprint density at radius 3 is 2.57 bits per heavy atom. The van der Waals surface area contributed by atoms with Crippen LogP contribution in [0.2, 0.25) is 5.02 Å². The minimum Gasteiger partial charge on any atom is -0.350 e. The topological polar surface area (TPSA) is 64.7 Å². The summed E-state index contributed by atoms with van der Waals surface area (Å²) in [5.41, 5.74) is 2.44. The third-order valence-corrected chi connectivity index (χ3v) is 5.17. The summed E-state index contributed by atoms with van der Waals surface area (Å²) in [6.45, 7) is 3.04. The molecular formula is C23H22ClN5O. The first-order valence-corrected chi connectivity index (χ1v) is 10.1. The van der Waals surface area contributed by atoms with Crippen LogP contribution in [0.5, 0.6) is 0 Å². The molecule has 0 bridgehead atoms. The van der Waals surface area contributed by atoms with Crippen LogP contribution in [0.15, 0.2) is 79.1 Å². The normalized spacial score (nSPS) is 11.9. The average molecular weight is 420 g/mol. The molecule has 152 valence electrons. The van der Waals surface area contributed by atoms with Gasteiger partial charge in [0.1, 0.15) is 0 Å². The predicted octanol–water partition coefficient (Wildman–Crippen LogP) is 4.30. The molecule has 0 fully saturated rings. The monoisotopic (exact) mass is 419 g/mol. The maximum Gasteiger partial charge on any atom is 0.275 e. The van der Waals surface area contributed by atoms with Crippen LogP contribution < -0.4 is 5.32 Å². The van der Waals surface area contributed by atoms with Gasteiger partial charge in [-0.15, -0.1) is 5.10 Å². The number of carbonyl (C=O) groups excluding carboxylic acids is 1. The fourth-order valence-electron chi connectivity index (χ4n) is 3.33. The highest BCUT2D eigenvalue weighted by molar-refractivity contribution is 6.30. The van der Waals surface area contributed by atoms with E-state index in [1.807, 2.05) is 71.6 Å². The second kappa shape index (κ2) is 8.97. The number of amides is 1. The van der Waals surface area contributed by atoms with Crippen molar-refractivity contribution in [2.45, 2.75) is 19.4 Å². The van der Waals surface area contributed by atoms with Crippen molar-refractivity contribution in [1.82, 2.24) is 24.9 Å². The van der Waals surface area contributed by atoms with E-state index in [4.69, 9.17) is 11.6 Å². The van der Waals surface area contributed by atoms with Crippen molar-refractivity contribution < 1.29 is 4.79 Å². The van der Waals surface area contributed by atoms with Crippen molar-refractivity contribution in [2.75, 3.05) is 6.54 Å². The number of rotatable bonds is 7. The van der Waals surface area contributed by atoms with Crippen LogP contribution in [0.1, 0.15) is 34.5 Å². The van der Waals surface area contributed by atoms with Crippen LogP contribution in [0.25, 0.3) is 5.82 Å². The zero-order valence-electron chi connectivity index (χ0n) is 16.6. The van der Waals surface area contributed by atoms with Gasteiger partial charge in [-0.1, -0.05) is 66.2 Å². The molecule has 0 saturated carbocycles. The Balaban J connectivity index is 1.57. The molecule has 0 saturated heterocycles. The van der Waals surface area contributed by atoms with Gasteiger partial charge in [0.15, 0.2) is 11.5 Å². The lowest BCUT2D eigenvalue weighted by molar-refractivity contribution is 0.0946. The molecule has 0 aliphatic rings. The fourth-order valence-corrected chi connectivity index (χ4v) is 3.54. The summed E-state index contributed by atoms with van der Waals surface area (Å²) in [6.07, 6.45) is 3.74. The first-order chi connectivity index (χ1) is 14.6. The predicted molar refractivity (Wildman–Crippen MR) is 117 cm³/mol. The molecule has 0 aliphatic heterocycles. The van der Waals surface area contributed by atoms with Gasteiger partial charge in [-0.05, 0) is 41.3 Å². The molecular weight excluding hydrogens is 398 g/mol. The SMILES string of the molecule is C[C@H](CNC(=O)c1nnn(Cc2cccc(Cl)c2)c1-n1cccc1)c1ccccc1. The standard InChI is InChI=1S/C23H22ClN5O/c1-17(19-9-3-2-4-10-19)15-25-22(30)21-23(28-12-5-6-13-28)29(27-26-21)16-18-8-7-11-20(24)14-18/h2-14,17H,15-16H2,1H3,(H,25,30)/t17-/m1/s1. The molecule has 6 nitrogen and oxygen atoms in total. The Labute approximate surface area is 180 Å². The fraction of sp³-hybridized carbons (Fsp3) is 0.174. The van der Waals surface area contributed by atoms with E-state index in [9.17, 15) is 4.79 Å². The molecule has 2 heterocycles. The number of nitrogens with zero attached hydrogens (tertiary/aromatic N) is 4. The van der Waals surface area contributed by atoms with Crippen molar-refractivity contribution in [2.24, 2.45) is 0 Å². The van der Waals surface area contributed by atoms with E-state index in [1.54, 1.807) is 4.68 Å². The maximum atomic E-state index is 13.0. The summed E-state index contributed by atoms with van der Waals surface area (Å²) in [5, 5.41) is 12.1. The number of halogens is 1. The van der Waals surface area contributed by atoms with Crippen LogP contribution in [-0.4, -0.2) is 32.0 Å². The Bertz CT molecular complexity index is 1120. The summed E-state index contributed by atoms with van der Waals surface area (Å²) in [6, 6.07) is 21.5. The second-order valence-corrected chi connectivity index (χ2v) is 7.60. The van der Waals surface area contributed by atoms with Gasteiger partial charge in [0.25, 0.3) is 5.91 Å². The van der Waals surface area contributed by atoms with E-state index in [2.05, 4.69) is 34.7 Å². The van der Waals surface area contributed by atoms with E-state index in [0.717, 1.165) is 5.56 Å². The lowest BCUT2D eigenvalue weighted by atomic mass is 10.0. The summed E-state index contributed by atoms with van der Waals surface area (Å²) >= 11 is 6.11. The van der Waals surface area contributed by atoms with Crippen LogP contribution in [0, 0.1) is 0 Å². The third-order valence-electron chi connectivity index (χ3n) is 4.93. The molecule has 2 aromatic carbocycles. The van der Waals surface area contributed by atoms with Gasteiger partial charge in [-0.2, -0.15) is 0 Å². The smallest absolute Gasteiger partial charge is 0.275 e. The molecule has 0 radical (unpaired) electrons. The zero-order valence-corrected chi connectivity index (χ0v) is 17.3. The third kappa shape index (κ3) is 4.44. The van der Waals surface area contributed by atoms with Crippen molar-refractivity contribution in [3.05, 3.63) is 101 Å². The van der Waals surface area contributed by atoms with Crippen molar-refractivity contribution in [1.29, 1.82) is 0 Å². The van der Waals surface area contributed by atoms with Gasteiger partial charge >= 0.3 is 0 Å². The first kappa shape index (κ1) is 19.9. The number of carbonyl (C=O) groups is 1. The summed E-state index contributed by atoms with van der Waals surface area (Å²) < 4.78 is 3.56. The van der Waals surface area contributed by atoms with Crippen LogP contribution >= 0.6 is 11.6 Å². The van der Waals surface area contributed by atoms with Crippen LogP contribution in [0.3, 0.4) is 0 Å². The van der Waals surface area contributed by atoms with E-state index in [-0.39, 0.29) is 17.5 Å². The molecule has 0 aliphatic carbocycles. The minimum absolute atomic E-state index is 0.187. The number of benzene rings is 2. The molecule has 7 heteroatoms. The largest absolute Gasteiger partial charge is 0.350 e. The van der Waals surface area contributed by atoms with Crippen molar-refractivity contribution in [3.63, 3.8) is 0 Å². The minimum atomic E-state index is -0.251. The van der Waals surface area contributed by atoms with E-state index in [1.165, 1.54) is 5.56 Å². The lowest BCUT2D eigenvalue weighted by Gasteiger charge is -2.13. The Kier molecular flexibility index (Phi) is 5.95. The molecule has 2 aromatic heterocycles. The molecule has 30 heavy (non-hydrogen) atoms. The lowest BCUT2D eigenvalue weighted by Crippen LogP contribution is -2.29. The van der Waals surface area contributed by atoms with Gasteiger partial charge in [-0.25, -0.2) is 4.68 Å². The Morgan fingerprint density at radius 1 is 1.07 bits per heavy atom. The summed E-state index contributed by atoms with van der Waals surface area (Å²) in [4.78, 5) is 13.0. The van der Waals surface area contributed by atoms with E-state index < -0.39 is 0 Å². The molecule has 1 N–H and O–H groups in total. The molecule has 0 spiro atoms. The average Bonchev–Trinajstić information content (AvgIpc) is 3.42. The molecule has 1 atom stereocenters. The highest BCUT2D eigenvalue weighted by Gasteiger charge is 2.21. The molecule has 4 rings (SSSR count). The Hall–Kier alpha value is -3.38. The highest BCUT2D eigenvalue weighted by Crippen LogP contribution is 2.18. The molecule has 1 amide bonds. The van der Waals surface area contributed by atoms with Crippen molar-refractivity contribution in [3.8, 4) is 5.82 Å². The second-order valence-electron chi connectivity index (χ2n) is 7.16. The quantitative estimate of drug-likeness (QED) is 0.485. The van der Waals surface area contributed by atoms with Crippen LogP contribution in [0.4, 0.5) is 0 Å². The number of aromatic nitrogens is 4. The van der Waals surface area contributed by atoms with Gasteiger partial charge in [0.2, 0.25) is 0 Å². The molecule has 0 unspecified atom stereocenters. The van der Waals surface area contributed by atoms with Gasteiger partial charge in [0.05, 0.1) is 6.54 Å². The van der Waals surface area contributed by atoms with E-state index in [0.29, 0.717) is 23.9 Å². The van der Waals surface area contributed by atoms with Gasteiger partial charge < -0.3 is 9.88 Å². The van der Waals surface area contributed by atoms with Gasteiger partial charge in [-0.3, -0.25) is 4.79 Å². The van der Waals surface area contributed by atoms with Gasteiger partial charge in [0, 0.05) is 24.0 Å². The number of hydrogen-bond acceptors (Lipinski definition) is 3. The Morgan fingerprint density at radius 2 is 1.83 bits per heavy atom.